The van der Waals surface area contributed by atoms with Crippen molar-refractivity contribution in [2.75, 3.05) is 14.2 Å². The molecule has 0 unspecified atom stereocenters. The van der Waals surface area contributed by atoms with E-state index in [2.05, 4.69) is 19.4 Å². The maximum absolute atomic E-state index is 11.5. The fraction of sp³-hybridized carbons (Fsp3) is 0.423. The maximum atomic E-state index is 11.5. The fourth-order valence-corrected chi connectivity index (χ4v) is 2.15. The number of carbonyl (C=O) groups excluding carboxylic acids is 3. The van der Waals surface area contributed by atoms with Crippen LogP contribution >= 0.6 is 0 Å². The Balaban J connectivity index is 0.000000590. The zero-order valence-electron chi connectivity index (χ0n) is 23.5. The van der Waals surface area contributed by atoms with Crippen LogP contribution in [0.15, 0.2) is 24.5 Å². The highest BCUT2D eigenvalue weighted by molar-refractivity contribution is 5.91. The van der Waals surface area contributed by atoms with Gasteiger partial charge in [-0.25, -0.2) is 19.6 Å². The Hall–Kier alpha value is -4.75. The molecule has 0 amide bonds. The van der Waals surface area contributed by atoms with Crippen LogP contribution in [0.5, 0.6) is 23.0 Å². The molecule has 0 spiro atoms. The van der Waals surface area contributed by atoms with Crippen molar-refractivity contribution in [3.05, 3.63) is 35.9 Å². The van der Waals surface area contributed by atoms with Gasteiger partial charge in [0.25, 0.3) is 0 Å². The van der Waals surface area contributed by atoms with Gasteiger partial charge in [0.15, 0.2) is 28.6 Å². The lowest BCUT2D eigenvalue weighted by atomic mass is 10.2. The number of aromatic carboxylic acids is 2. The first kappa shape index (κ1) is 35.2. The summed E-state index contributed by atoms with van der Waals surface area (Å²) in [6, 6.07) is 2.80. The van der Waals surface area contributed by atoms with Gasteiger partial charge in [-0.3, -0.25) is 14.4 Å². The smallest absolute Gasteiger partial charge is 0.358 e. The van der Waals surface area contributed by atoms with E-state index in [1.54, 1.807) is 41.5 Å². The molecule has 0 aliphatic heterocycles. The van der Waals surface area contributed by atoms with Crippen molar-refractivity contribution in [1.82, 2.24) is 9.97 Å². The number of aromatic nitrogens is 2. The van der Waals surface area contributed by atoms with E-state index in [0.717, 1.165) is 0 Å². The summed E-state index contributed by atoms with van der Waals surface area (Å²) < 4.78 is 19.1. The summed E-state index contributed by atoms with van der Waals surface area (Å²) >= 11 is 0. The highest BCUT2D eigenvalue weighted by atomic mass is 16.6. The molecule has 2 aromatic heterocycles. The normalized spacial score (nSPS) is 9.97. The number of pyridine rings is 2. The minimum Gasteiger partial charge on any atom is -0.503 e. The second-order valence-corrected chi connectivity index (χ2v) is 8.64. The first-order valence-corrected chi connectivity index (χ1v) is 11.8. The molecular formula is C26H34N2O12. The van der Waals surface area contributed by atoms with Crippen LogP contribution < -0.4 is 14.2 Å². The summed E-state index contributed by atoms with van der Waals surface area (Å²) in [4.78, 5) is 61.5. The number of hydrogen-bond acceptors (Lipinski definition) is 12. The molecule has 0 saturated carbocycles. The van der Waals surface area contributed by atoms with Crippen LogP contribution in [0.4, 0.5) is 0 Å². The number of carbonyl (C=O) groups is 5. The van der Waals surface area contributed by atoms with Crippen molar-refractivity contribution in [2.24, 2.45) is 17.8 Å². The Morgan fingerprint density at radius 1 is 0.675 bits per heavy atom. The predicted octanol–water partition coefficient (Wildman–Crippen LogP) is 3.21. The lowest BCUT2D eigenvalue weighted by Crippen LogP contribution is -2.20. The van der Waals surface area contributed by atoms with Gasteiger partial charge in [0, 0.05) is 24.5 Å². The summed E-state index contributed by atoms with van der Waals surface area (Å²) in [5.74, 6) is -5.23. The van der Waals surface area contributed by atoms with Crippen LogP contribution in [0, 0.1) is 17.8 Å². The number of aromatic hydroxyl groups is 1. The van der Waals surface area contributed by atoms with Gasteiger partial charge >= 0.3 is 29.8 Å². The van der Waals surface area contributed by atoms with E-state index in [-0.39, 0.29) is 40.7 Å². The monoisotopic (exact) mass is 566 g/mol. The minimum absolute atomic E-state index is 0.0994. The first-order valence-electron chi connectivity index (χ1n) is 11.8. The molecule has 2 aromatic rings. The van der Waals surface area contributed by atoms with E-state index >= 15 is 0 Å². The molecule has 14 heteroatoms. The maximum Gasteiger partial charge on any atom is 0.358 e. The molecule has 0 fully saturated rings. The van der Waals surface area contributed by atoms with Crippen LogP contribution in [0.2, 0.25) is 0 Å². The quantitative estimate of drug-likeness (QED) is 0.310. The number of nitrogens with zero attached hydrogens (tertiary/aromatic N) is 2. The molecular weight excluding hydrogens is 532 g/mol. The molecule has 0 bridgehead atoms. The van der Waals surface area contributed by atoms with Gasteiger partial charge < -0.3 is 34.3 Å². The summed E-state index contributed by atoms with van der Waals surface area (Å²) in [6.45, 7) is 10.1. The molecule has 3 N–H and O–H groups in total. The number of methoxy groups -OCH3 is 2. The van der Waals surface area contributed by atoms with Crippen LogP contribution in [0.3, 0.4) is 0 Å². The minimum atomic E-state index is -1.29. The van der Waals surface area contributed by atoms with E-state index in [4.69, 9.17) is 19.7 Å². The van der Waals surface area contributed by atoms with Crippen molar-refractivity contribution in [3.63, 3.8) is 0 Å². The van der Waals surface area contributed by atoms with E-state index < -0.39 is 41.3 Å². The highest BCUT2D eigenvalue weighted by Crippen LogP contribution is 2.30. The summed E-state index contributed by atoms with van der Waals surface area (Å²) in [6.07, 6.45) is 2.52. The van der Waals surface area contributed by atoms with Crippen LogP contribution in [0.1, 0.15) is 62.5 Å². The highest BCUT2D eigenvalue weighted by Gasteiger charge is 2.22. The fourth-order valence-electron chi connectivity index (χ4n) is 2.15. The van der Waals surface area contributed by atoms with Crippen molar-refractivity contribution in [1.29, 1.82) is 0 Å². The molecule has 0 aromatic carbocycles. The summed E-state index contributed by atoms with van der Waals surface area (Å²) in [7, 11) is 2.69. The van der Waals surface area contributed by atoms with Gasteiger partial charge in [-0.1, -0.05) is 41.5 Å². The lowest BCUT2D eigenvalue weighted by Gasteiger charge is -2.11. The molecule has 0 aliphatic carbocycles. The molecule has 40 heavy (non-hydrogen) atoms. The van der Waals surface area contributed by atoms with E-state index in [9.17, 15) is 29.1 Å². The van der Waals surface area contributed by atoms with Crippen LogP contribution in [-0.4, -0.2) is 69.4 Å². The van der Waals surface area contributed by atoms with Crippen LogP contribution in [-0.2, 0) is 19.1 Å². The Kier molecular flexibility index (Phi) is 14.9. The van der Waals surface area contributed by atoms with Crippen molar-refractivity contribution >= 4 is 29.8 Å². The third-order valence-electron chi connectivity index (χ3n) is 4.42. The molecule has 2 rings (SSSR count). The van der Waals surface area contributed by atoms with Crippen LogP contribution in [0.25, 0.3) is 0 Å². The van der Waals surface area contributed by atoms with Crippen molar-refractivity contribution in [3.8, 4) is 23.0 Å². The van der Waals surface area contributed by atoms with Gasteiger partial charge in [0.2, 0.25) is 5.75 Å². The van der Waals surface area contributed by atoms with Gasteiger partial charge in [0.1, 0.15) is 0 Å². The second kappa shape index (κ2) is 17.0. The number of carboxylic acid groups (broad SMARTS) is 2. The van der Waals surface area contributed by atoms with E-state index in [0.29, 0.717) is 0 Å². The number of esters is 3. The predicted molar refractivity (Wildman–Crippen MR) is 138 cm³/mol. The van der Waals surface area contributed by atoms with E-state index in [1.807, 2.05) is 0 Å². The molecule has 0 radical (unpaired) electrons. The third-order valence-corrected chi connectivity index (χ3v) is 4.42. The third kappa shape index (κ3) is 11.3. The Morgan fingerprint density at radius 2 is 1.07 bits per heavy atom. The van der Waals surface area contributed by atoms with Crippen molar-refractivity contribution in [2.45, 2.75) is 41.5 Å². The standard InChI is InChI=1S/C11H13NO5.C8H14O3.C7H7NO4/c1-6(2)11(15)17-9-7(16-3)4-5-12-8(9)10(13)14;1-5(2)7(9)11-8(10)6(3)4;1-12-4-2-3-8-5(6(4)9)7(10)11/h4-6H,1-3H3,(H,13,14);5-6H,1-4H3;2-3,9H,1H3,(H,10,11). The number of rotatable bonds is 8. The van der Waals surface area contributed by atoms with E-state index in [1.165, 1.54) is 38.7 Å². The van der Waals surface area contributed by atoms with Gasteiger partial charge in [-0.15, -0.1) is 0 Å². The molecule has 14 nitrogen and oxygen atoms in total. The molecule has 2 heterocycles. The summed E-state index contributed by atoms with van der Waals surface area (Å²) in [5, 5.41) is 26.6. The number of carboxylic acids is 2. The average molecular weight is 567 g/mol. The number of ether oxygens (including phenoxy) is 4. The average Bonchev–Trinajstić information content (AvgIpc) is 2.89. The Bertz CT molecular complexity index is 1170. The topological polar surface area (TPSA) is 209 Å². The Morgan fingerprint density at radius 3 is 1.45 bits per heavy atom. The molecule has 0 saturated heterocycles. The summed E-state index contributed by atoms with van der Waals surface area (Å²) in [5.41, 5.74) is -0.757. The number of hydrogen-bond donors (Lipinski definition) is 3. The largest absolute Gasteiger partial charge is 0.503 e. The van der Waals surface area contributed by atoms with Crippen molar-refractivity contribution < 1.29 is 58.2 Å². The molecule has 220 valence electrons. The lowest BCUT2D eigenvalue weighted by molar-refractivity contribution is -0.164. The Labute approximate surface area is 230 Å². The zero-order chi connectivity index (χ0) is 31.2. The SMILES string of the molecule is CC(C)C(=O)OC(=O)C(C)C.COc1ccnc(C(=O)O)c1O.COc1ccnc(C(=O)O)c1OC(=O)C(C)C. The molecule has 0 atom stereocenters. The molecule has 0 aliphatic rings. The van der Waals surface area contributed by atoms with Gasteiger partial charge in [-0.2, -0.15) is 0 Å². The van der Waals surface area contributed by atoms with Gasteiger partial charge in [0.05, 0.1) is 32.0 Å². The first-order chi connectivity index (χ1) is 18.6. The van der Waals surface area contributed by atoms with Gasteiger partial charge in [-0.05, 0) is 0 Å². The second-order valence-electron chi connectivity index (χ2n) is 8.64. The zero-order valence-corrected chi connectivity index (χ0v) is 23.5.